The van der Waals surface area contributed by atoms with E-state index in [2.05, 4.69) is 0 Å². The molecule has 4 heterocycles. The zero-order chi connectivity index (χ0) is 27.3. The summed E-state index contributed by atoms with van der Waals surface area (Å²) >= 11 is 8.31. The van der Waals surface area contributed by atoms with Crippen LogP contribution in [-0.2, 0) is 20.9 Å². The minimum atomic E-state index is -0.763. The molecule has 0 aliphatic carbocycles. The van der Waals surface area contributed by atoms with Gasteiger partial charge in [0.1, 0.15) is 17.5 Å². The number of fused-ring (bicyclic) bond motifs is 2. The Bertz CT molecular complexity index is 1510. The van der Waals surface area contributed by atoms with Crippen LogP contribution in [-0.4, -0.2) is 52.6 Å². The number of imide groups is 1. The van der Waals surface area contributed by atoms with Gasteiger partial charge in [-0.25, -0.2) is 4.90 Å². The average molecular weight is 584 g/mol. The molecule has 39 heavy (non-hydrogen) atoms. The topological polar surface area (TPSA) is 88.9 Å². The van der Waals surface area contributed by atoms with Crippen LogP contribution in [0.4, 0.5) is 5.69 Å². The molecule has 2 saturated heterocycles. The van der Waals surface area contributed by atoms with Crippen molar-refractivity contribution in [2.45, 2.75) is 42.0 Å². The van der Waals surface area contributed by atoms with E-state index in [0.717, 1.165) is 36.2 Å². The molecule has 2 aromatic carbocycles. The number of hydrogen-bond donors (Lipinski definition) is 0. The van der Waals surface area contributed by atoms with Crippen molar-refractivity contribution >= 4 is 58.1 Å². The van der Waals surface area contributed by atoms with Crippen molar-refractivity contribution < 1.29 is 19.1 Å². The van der Waals surface area contributed by atoms with Crippen molar-refractivity contribution in [1.82, 2.24) is 9.47 Å². The van der Waals surface area contributed by atoms with Gasteiger partial charge < -0.3 is 9.64 Å². The van der Waals surface area contributed by atoms with Gasteiger partial charge in [-0.2, -0.15) is 0 Å². The molecule has 6 rings (SSSR count). The van der Waals surface area contributed by atoms with Gasteiger partial charge in [-0.05, 0) is 49.6 Å². The van der Waals surface area contributed by atoms with Crippen molar-refractivity contribution in [3.8, 4) is 5.75 Å². The van der Waals surface area contributed by atoms with Gasteiger partial charge in [0.15, 0.2) is 0 Å². The zero-order valence-electron chi connectivity index (χ0n) is 21.2. The molecular weight excluding hydrogens is 558 g/mol. The van der Waals surface area contributed by atoms with Crippen molar-refractivity contribution in [3.05, 3.63) is 73.7 Å². The Labute approximate surface area is 238 Å². The van der Waals surface area contributed by atoms with Gasteiger partial charge in [-0.15, -0.1) is 0 Å². The number of hydrogen-bond acceptors (Lipinski definition) is 7. The number of amides is 3. The van der Waals surface area contributed by atoms with Crippen LogP contribution in [0.25, 0.3) is 0 Å². The van der Waals surface area contributed by atoms with E-state index in [1.807, 2.05) is 24.3 Å². The Morgan fingerprint density at radius 3 is 2.44 bits per heavy atom. The van der Waals surface area contributed by atoms with Crippen LogP contribution in [0.5, 0.6) is 5.75 Å². The number of carbonyl (C=O) groups excluding carboxylic acids is 3. The Morgan fingerprint density at radius 1 is 1.00 bits per heavy atom. The molecule has 8 nitrogen and oxygen atoms in total. The van der Waals surface area contributed by atoms with Crippen molar-refractivity contribution in [2.24, 2.45) is 5.92 Å². The maximum atomic E-state index is 14.0. The van der Waals surface area contributed by atoms with E-state index in [9.17, 15) is 19.2 Å². The van der Waals surface area contributed by atoms with Gasteiger partial charge in [-0.1, -0.05) is 52.9 Å². The van der Waals surface area contributed by atoms with Crippen molar-refractivity contribution in [1.29, 1.82) is 0 Å². The first kappa shape index (κ1) is 26.2. The molecular formula is C28H26ClN3O5S2. The molecule has 0 radical (unpaired) electrons. The molecule has 3 atom stereocenters. The first-order valence-electron chi connectivity index (χ1n) is 12.8. The third kappa shape index (κ3) is 4.48. The summed E-state index contributed by atoms with van der Waals surface area (Å²) in [4.78, 5) is 57.7. The van der Waals surface area contributed by atoms with Crippen molar-refractivity contribution in [2.75, 3.05) is 25.1 Å². The van der Waals surface area contributed by atoms with Crippen LogP contribution >= 0.6 is 34.7 Å². The summed E-state index contributed by atoms with van der Waals surface area (Å²) in [5.41, 5.74) is 1.18. The third-order valence-electron chi connectivity index (χ3n) is 7.61. The quantitative estimate of drug-likeness (QED) is 0.414. The summed E-state index contributed by atoms with van der Waals surface area (Å²) in [5, 5.41) is 0.314. The number of piperidine rings is 1. The van der Waals surface area contributed by atoms with E-state index in [4.69, 9.17) is 16.3 Å². The molecule has 3 aliphatic heterocycles. The summed E-state index contributed by atoms with van der Waals surface area (Å²) in [6.07, 6.45) is 3.00. The average Bonchev–Trinajstić information content (AvgIpc) is 3.40. The molecule has 0 N–H and O–H groups in total. The fourth-order valence-corrected chi connectivity index (χ4v) is 8.63. The van der Waals surface area contributed by atoms with E-state index < -0.39 is 17.1 Å². The summed E-state index contributed by atoms with van der Waals surface area (Å²) < 4.78 is 7.15. The monoisotopic (exact) mass is 583 g/mol. The molecule has 0 saturated carbocycles. The van der Waals surface area contributed by atoms with Gasteiger partial charge in [0, 0.05) is 34.5 Å². The Morgan fingerprint density at radius 2 is 1.72 bits per heavy atom. The molecule has 3 aromatic rings. The number of methoxy groups -OCH3 is 1. The molecule has 3 aliphatic rings. The SMILES string of the molecule is COc1ccccc1[C@@H]1c2sc(=O)n(CC(=O)N3CCCCC3)c2S[C@H]2C(=O)N(c3ccc(Cl)cc3)C(=O)[C@@H]12. The lowest BCUT2D eigenvalue weighted by Gasteiger charge is -2.32. The smallest absolute Gasteiger partial charge is 0.308 e. The van der Waals surface area contributed by atoms with Crippen LogP contribution < -0.4 is 14.5 Å². The molecule has 1 aromatic heterocycles. The normalized spacial score (nSPS) is 22.6. The van der Waals surface area contributed by atoms with E-state index in [-0.39, 0.29) is 29.1 Å². The van der Waals surface area contributed by atoms with Crippen LogP contribution in [0.2, 0.25) is 5.02 Å². The number of rotatable bonds is 5. The minimum Gasteiger partial charge on any atom is -0.496 e. The number of nitrogens with zero attached hydrogens (tertiary/aromatic N) is 3. The second kappa shape index (κ2) is 10.5. The highest BCUT2D eigenvalue weighted by Crippen LogP contribution is 2.55. The lowest BCUT2D eigenvalue weighted by molar-refractivity contribution is -0.133. The Balaban J connectivity index is 1.46. The van der Waals surface area contributed by atoms with Gasteiger partial charge in [0.2, 0.25) is 17.7 Å². The second-order valence-electron chi connectivity index (χ2n) is 9.84. The van der Waals surface area contributed by atoms with Gasteiger partial charge in [0.05, 0.1) is 23.7 Å². The molecule has 2 fully saturated rings. The number of anilines is 1. The van der Waals surface area contributed by atoms with Crippen molar-refractivity contribution in [3.63, 3.8) is 0 Å². The van der Waals surface area contributed by atoms with Gasteiger partial charge >= 0.3 is 4.87 Å². The predicted molar refractivity (Wildman–Crippen MR) is 151 cm³/mol. The summed E-state index contributed by atoms with van der Waals surface area (Å²) in [5.74, 6) is -1.55. The van der Waals surface area contributed by atoms with E-state index >= 15 is 0 Å². The fourth-order valence-electron chi connectivity index (χ4n) is 5.74. The molecule has 0 unspecified atom stereocenters. The molecule has 3 amide bonds. The number of ether oxygens (including phenoxy) is 1. The predicted octanol–water partition coefficient (Wildman–Crippen LogP) is 4.38. The highest BCUT2D eigenvalue weighted by atomic mass is 35.5. The number of aromatic nitrogens is 1. The first-order chi connectivity index (χ1) is 18.9. The van der Waals surface area contributed by atoms with E-state index in [1.54, 1.807) is 36.3 Å². The third-order valence-corrected chi connectivity index (χ3v) is 10.5. The molecule has 202 valence electrons. The summed E-state index contributed by atoms with van der Waals surface area (Å²) in [6, 6.07) is 14.0. The Kier molecular flexibility index (Phi) is 7.03. The van der Waals surface area contributed by atoms with Gasteiger partial charge in [-0.3, -0.25) is 23.7 Å². The van der Waals surface area contributed by atoms with Crippen LogP contribution in [0, 0.1) is 5.92 Å². The summed E-state index contributed by atoms with van der Waals surface area (Å²) in [7, 11) is 1.56. The lowest BCUT2D eigenvalue weighted by atomic mass is 9.82. The van der Waals surface area contributed by atoms with E-state index in [1.165, 1.54) is 21.2 Å². The number of thioether (sulfide) groups is 1. The van der Waals surface area contributed by atoms with Crippen LogP contribution in [0.3, 0.4) is 0 Å². The number of benzene rings is 2. The maximum Gasteiger partial charge on any atom is 0.308 e. The first-order valence-corrected chi connectivity index (χ1v) is 14.9. The molecule has 11 heteroatoms. The van der Waals surface area contributed by atoms with Gasteiger partial charge in [0.25, 0.3) is 0 Å². The molecule has 0 spiro atoms. The summed E-state index contributed by atoms with van der Waals surface area (Å²) in [6.45, 7) is 1.28. The maximum absolute atomic E-state index is 14.0. The number of thiazole rings is 1. The Hall–Kier alpha value is -3.08. The largest absolute Gasteiger partial charge is 0.496 e. The zero-order valence-corrected chi connectivity index (χ0v) is 23.6. The number of carbonyl (C=O) groups is 3. The number of para-hydroxylation sites is 1. The molecule has 0 bridgehead atoms. The van der Waals surface area contributed by atoms with Crippen LogP contribution in [0.1, 0.15) is 35.6 Å². The standard InChI is InChI=1S/C28H26ClN3O5S2/c1-37-19-8-4-3-7-18(19)21-22-23(26(35)32(25(22)34)17-11-9-16(29)10-12-17)38-27-24(21)39-28(36)31(27)15-20(33)30-13-5-2-6-14-30/h3-4,7-12,21-23H,2,5-6,13-15H2,1H3/t21-,22-,23+/m0/s1. The highest BCUT2D eigenvalue weighted by molar-refractivity contribution is 8.00. The number of likely N-dealkylation sites (tertiary alicyclic amines) is 1. The minimum absolute atomic E-state index is 0.0866. The fraction of sp³-hybridized carbons (Fsp3) is 0.357. The van der Waals surface area contributed by atoms with E-state index in [0.29, 0.717) is 39.5 Å². The lowest BCUT2D eigenvalue weighted by Crippen LogP contribution is -2.39. The second-order valence-corrected chi connectivity index (χ2v) is 12.4. The number of halogens is 1. The highest BCUT2D eigenvalue weighted by Gasteiger charge is 2.57. The van der Waals surface area contributed by atoms with Crippen LogP contribution in [0.15, 0.2) is 58.4 Å².